The Morgan fingerprint density at radius 1 is 0.969 bits per heavy atom. The summed E-state index contributed by atoms with van der Waals surface area (Å²) in [6, 6.07) is 15.5. The largest absolute Gasteiger partial charge is 0.339 e. The molecule has 0 aliphatic carbocycles. The number of anilines is 2. The molecule has 166 valence electrons. The van der Waals surface area contributed by atoms with E-state index in [2.05, 4.69) is 5.32 Å². The molecule has 0 unspecified atom stereocenters. The van der Waals surface area contributed by atoms with Crippen molar-refractivity contribution in [1.82, 2.24) is 4.90 Å². The number of amides is 3. The van der Waals surface area contributed by atoms with Crippen LogP contribution in [0.5, 0.6) is 0 Å². The SMILES string of the molecule is CC(=O)Nc1cccc2c1CCCN2C(=O)C1CCN(C(=O)C=Cc2ccccc2)CC1. The number of nitrogens with zero attached hydrogens (tertiary/aromatic N) is 2. The Bertz CT molecular complexity index is 1020. The van der Waals surface area contributed by atoms with E-state index in [4.69, 9.17) is 0 Å². The van der Waals surface area contributed by atoms with Gasteiger partial charge in [-0.05, 0) is 55.0 Å². The standard InChI is InChI=1S/C26H29N3O3/c1-19(30)27-23-10-5-11-24-22(23)9-6-16-29(24)26(32)21-14-17-28(18-15-21)25(31)13-12-20-7-3-2-4-8-20/h2-5,7-8,10-13,21H,6,9,14-18H2,1H3,(H,27,30). The highest BCUT2D eigenvalue weighted by molar-refractivity contribution is 5.99. The molecule has 1 fully saturated rings. The van der Waals surface area contributed by atoms with E-state index in [-0.39, 0.29) is 23.6 Å². The van der Waals surface area contributed by atoms with Crippen LogP contribution in [0.1, 0.15) is 37.3 Å². The molecule has 2 aromatic rings. The van der Waals surface area contributed by atoms with Gasteiger partial charge in [0.1, 0.15) is 0 Å². The van der Waals surface area contributed by atoms with E-state index in [0.717, 1.165) is 35.3 Å². The molecule has 2 aromatic carbocycles. The van der Waals surface area contributed by atoms with Crippen molar-refractivity contribution in [1.29, 1.82) is 0 Å². The number of carbonyl (C=O) groups excluding carboxylic acids is 3. The van der Waals surface area contributed by atoms with E-state index < -0.39 is 0 Å². The summed E-state index contributed by atoms with van der Waals surface area (Å²) in [5, 5.41) is 2.89. The minimum Gasteiger partial charge on any atom is -0.339 e. The maximum atomic E-state index is 13.4. The Labute approximate surface area is 188 Å². The third kappa shape index (κ3) is 4.90. The van der Waals surface area contributed by atoms with Crippen molar-refractivity contribution in [2.75, 3.05) is 29.9 Å². The number of nitrogens with one attached hydrogen (secondary N) is 1. The van der Waals surface area contributed by atoms with Crippen LogP contribution in [0.2, 0.25) is 0 Å². The van der Waals surface area contributed by atoms with Gasteiger partial charge in [-0.25, -0.2) is 0 Å². The molecule has 0 aromatic heterocycles. The van der Waals surface area contributed by atoms with Crippen LogP contribution in [0.3, 0.4) is 0 Å². The molecule has 0 atom stereocenters. The van der Waals surface area contributed by atoms with Crippen molar-refractivity contribution in [2.45, 2.75) is 32.6 Å². The predicted octanol–water partition coefficient (Wildman–Crippen LogP) is 3.88. The predicted molar refractivity (Wildman–Crippen MR) is 126 cm³/mol. The second-order valence-corrected chi connectivity index (χ2v) is 8.42. The molecule has 1 saturated heterocycles. The second kappa shape index (κ2) is 9.81. The zero-order valence-electron chi connectivity index (χ0n) is 18.4. The highest BCUT2D eigenvalue weighted by atomic mass is 16.2. The molecule has 0 spiro atoms. The zero-order chi connectivity index (χ0) is 22.5. The summed E-state index contributed by atoms with van der Waals surface area (Å²) < 4.78 is 0. The average molecular weight is 432 g/mol. The summed E-state index contributed by atoms with van der Waals surface area (Å²) in [5.41, 5.74) is 3.71. The van der Waals surface area contributed by atoms with Crippen molar-refractivity contribution in [3.63, 3.8) is 0 Å². The first-order valence-electron chi connectivity index (χ1n) is 11.3. The van der Waals surface area contributed by atoms with E-state index in [1.165, 1.54) is 6.92 Å². The summed E-state index contributed by atoms with van der Waals surface area (Å²) in [4.78, 5) is 41.2. The molecule has 0 radical (unpaired) electrons. The minimum absolute atomic E-state index is 0.0111. The summed E-state index contributed by atoms with van der Waals surface area (Å²) in [6.45, 7) is 3.35. The topological polar surface area (TPSA) is 69.7 Å². The molecule has 2 aliphatic rings. The molecule has 32 heavy (non-hydrogen) atoms. The first kappa shape index (κ1) is 21.8. The van der Waals surface area contributed by atoms with Gasteiger partial charge in [0.2, 0.25) is 17.7 Å². The molecule has 2 heterocycles. The van der Waals surface area contributed by atoms with Gasteiger partial charge in [0.05, 0.1) is 0 Å². The summed E-state index contributed by atoms with van der Waals surface area (Å²) >= 11 is 0. The lowest BCUT2D eigenvalue weighted by molar-refractivity contribution is -0.131. The van der Waals surface area contributed by atoms with E-state index in [9.17, 15) is 14.4 Å². The number of hydrogen-bond acceptors (Lipinski definition) is 3. The van der Waals surface area contributed by atoms with Crippen LogP contribution in [0, 0.1) is 5.92 Å². The number of hydrogen-bond donors (Lipinski definition) is 1. The Hall–Kier alpha value is -3.41. The Morgan fingerprint density at radius 2 is 1.72 bits per heavy atom. The van der Waals surface area contributed by atoms with E-state index >= 15 is 0 Å². The summed E-state index contributed by atoms with van der Waals surface area (Å²) in [5.74, 6) is -0.0893. The van der Waals surface area contributed by atoms with Crippen molar-refractivity contribution in [3.8, 4) is 0 Å². The van der Waals surface area contributed by atoms with Crippen LogP contribution in [-0.4, -0.2) is 42.3 Å². The van der Waals surface area contributed by atoms with E-state index in [1.807, 2.05) is 64.4 Å². The fourth-order valence-corrected chi connectivity index (χ4v) is 4.56. The Kier molecular flexibility index (Phi) is 6.69. The highest BCUT2D eigenvalue weighted by Crippen LogP contribution is 2.35. The van der Waals surface area contributed by atoms with Gasteiger partial charge in [-0.3, -0.25) is 14.4 Å². The fraction of sp³-hybridized carbons (Fsp3) is 0.346. The van der Waals surface area contributed by atoms with Crippen LogP contribution in [0.4, 0.5) is 11.4 Å². The molecule has 6 nitrogen and oxygen atoms in total. The van der Waals surface area contributed by atoms with Crippen LogP contribution in [0.25, 0.3) is 6.08 Å². The maximum Gasteiger partial charge on any atom is 0.246 e. The van der Waals surface area contributed by atoms with Gasteiger partial charge in [0, 0.05) is 49.9 Å². The van der Waals surface area contributed by atoms with E-state index in [0.29, 0.717) is 32.5 Å². The van der Waals surface area contributed by atoms with Gasteiger partial charge in [-0.2, -0.15) is 0 Å². The van der Waals surface area contributed by atoms with Crippen molar-refractivity contribution in [2.24, 2.45) is 5.92 Å². The molecule has 6 heteroatoms. The van der Waals surface area contributed by atoms with Crippen LogP contribution in [-0.2, 0) is 20.8 Å². The number of likely N-dealkylation sites (tertiary alicyclic amines) is 1. The number of fused-ring (bicyclic) bond motifs is 1. The quantitative estimate of drug-likeness (QED) is 0.747. The lowest BCUT2D eigenvalue weighted by Gasteiger charge is -2.36. The average Bonchev–Trinajstić information content (AvgIpc) is 2.82. The first-order chi connectivity index (χ1) is 15.5. The van der Waals surface area contributed by atoms with E-state index in [1.54, 1.807) is 6.08 Å². The highest BCUT2D eigenvalue weighted by Gasteiger charge is 2.32. The van der Waals surface area contributed by atoms with Crippen LogP contribution in [0.15, 0.2) is 54.6 Å². The summed E-state index contributed by atoms with van der Waals surface area (Å²) in [7, 11) is 0. The van der Waals surface area contributed by atoms with Crippen LogP contribution >= 0.6 is 0 Å². The van der Waals surface area contributed by atoms with Gasteiger partial charge in [-0.1, -0.05) is 36.4 Å². The van der Waals surface area contributed by atoms with Crippen molar-refractivity contribution < 1.29 is 14.4 Å². The van der Waals surface area contributed by atoms with Gasteiger partial charge in [0.25, 0.3) is 0 Å². The number of carbonyl (C=O) groups is 3. The van der Waals surface area contributed by atoms with Crippen molar-refractivity contribution in [3.05, 3.63) is 65.7 Å². The smallest absolute Gasteiger partial charge is 0.246 e. The molecule has 0 saturated carbocycles. The first-order valence-corrected chi connectivity index (χ1v) is 11.3. The normalized spacial score (nSPS) is 16.7. The fourth-order valence-electron chi connectivity index (χ4n) is 4.56. The lowest BCUT2D eigenvalue weighted by Crippen LogP contribution is -2.45. The third-order valence-electron chi connectivity index (χ3n) is 6.20. The van der Waals surface area contributed by atoms with Gasteiger partial charge < -0.3 is 15.1 Å². The second-order valence-electron chi connectivity index (χ2n) is 8.42. The number of piperidine rings is 1. The third-order valence-corrected chi connectivity index (χ3v) is 6.20. The molecule has 1 N–H and O–H groups in total. The van der Waals surface area contributed by atoms with Gasteiger partial charge in [0.15, 0.2) is 0 Å². The van der Waals surface area contributed by atoms with Gasteiger partial charge >= 0.3 is 0 Å². The Morgan fingerprint density at radius 3 is 2.44 bits per heavy atom. The Balaban J connectivity index is 1.39. The number of benzene rings is 2. The monoisotopic (exact) mass is 431 g/mol. The lowest BCUT2D eigenvalue weighted by atomic mass is 9.92. The molecule has 0 bridgehead atoms. The van der Waals surface area contributed by atoms with Crippen molar-refractivity contribution >= 4 is 35.2 Å². The van der Waals surface area contributed by atoms with Gasteiger partial charge in [-0.15, -0.1) is 0 Å². The molecular formula is C26H29N3O3. The number of rotatable bonds is 4. The maximum absolute atomic E-state index is 13.4. The van der Waals surface area contributed by atoms with Crippen LogP contribution < -0.4 is 10.2 Å². The summed E-state index contributed by atoms with van der Waals surface area (Å²) in [6.07, 6.45) is 6.49. The molecule has 3 amide bonds. The minimum atomic E-state index is -0.111. The zero-order valence-corrected chi connectivity index (χ0v) is 18.4. The molecular weight excluding hydrogens is 402 g/mol. The molecule has 4 rings (SSSR count). The molecule has 2 aliphatic heterocycles.